The molecule has 0 radical (unpaired) electrons. The molecule has 0 bridgehead atoms. The molecule has 2 saturated carbocycles. The lowest BCUT2D eigenvalue weighted by Gasteiger charge is -2.52. The SMILES string of the molecule is CCCCCCCCCCCCC1CCC2CCCCC2C1(CCCCCCCCCCCC)C(=O)O.CCCCCCCCCCCCCC(=O)O. The number of hydrogen-bond donors (Lipinski definition) is 2. The van der Waals surface area contributed by atoms with E-state index in [0.717, 1.165) is 25.7 Å². The van der Waals surface area contributed by atoms with Crippen LogP contribution in [0.25, 0.3) is 0 Å². The van der Waals surface area contributed by atoms with E-state index in [0.29, 0.717) is 24.2 Å². The Kier molecular flexibility index (Phi) is 33.3. The fourth-order valence-electron chi connectivity index (χ4n) is 10.2. The summed E-state index contributed by atoms with van der Waals surface area (Å²) in [6.07, 6.45) is 51.0. The second kappa shape index (κ2) is 35.4. The standard InChI is InChI=1S/C35H66O2.C14H28O2/c1-3-5-7-9-11-13-15-17-19-21-26-32-29-28-31-25-22-23-27-33(31)35(32,34(36)37)30-24-20-18-16-14-12-10-8-6-4-2;1-2-3-4-5-6-7-8-9-10-11-12-13-14(15)16/h31-33H,3-30H2,1-2H3,(H,36,37);2-13H2,1H3,(H,15,16). The van der Waals surface area contributed by atoms with Gasteiger partial charge >= 0.3 is 11.9 Å². The molecule has 0 amide bonds. The highest BCUT2D eigenvalue weighted by Crippen LogP contribution is 2.57. The average Bonchev–Trinajstić information content (AvgIpc) is 3.15. The fourth-order valence-corrected chi connectivity index (χ4v) is 10.2. The molecule has 0 aromatic rings. The predicted octanol–water partition coefficient (Wildman–Crippen LogP) is 16.7. The number of aliphatic carboxylic acids is 2. The summed E-state index contributed by atoms with van der Waals surface area (Å²) in [5, 5.41) is 19.3. The van der Waals surface area contributed by atoms with Gasteiger partial charge < -0.3 is 10.2 Å². The van der Waals surface area contributed by atoms with E-state index >= 15 is 0 Å². The van der Waals surface area contributed by atoms with Gasteiger partial charge in [0.25, 0.3) is 0 Å². The average molecular weight is 747 g/mol. The molecule has 314 valence electrons. The second-order valence-corrected chi connectivity index (χ2v) is 17.9. The Morgan fingerprint density at radius 2 is 0.830 bits per heavy atom. The molecule has 0 aliphatic heterocycles. The lowest BCUT2D eigenvalue weighted by Crippen LogP contribution is -2.52. The number of carbonyl (C=O) groups is 2. The summed E-state index contributed by atoms with van der Waals surface area (Å²) in [5.74, 6) is 0.501. The van der Waals surface area contributed by atoms with Crippen LogP contribution in [0.2, 0.25) is 0 Å². The second-order valence-electron chi connectivity index (χ2n) is 17.9. The summed E-state index contributed by atoms with van der Waals surface area (Å²) < 4.78 is 0. The van der Waals surface area contributed by atoms with E-state index in [-0.39, 0.29) is 0 Å². The molecular weight excluding hydrogens is 653 g/mol. The first-order chi connectivity index (χ1) is 25.9. The zero-order valence-electron chi connectivity index (χ0n) is 36.2. The summed E-state index contributed by atoms with van der Waals surface area (Å²) in [5.41, 5.74) is -0.414. The molecule has 2 aliphatic carbocycles. The van der Waals surface area contributed by atoms with Crippen LogP contribution in [0.3, 0.4) is 0 Å². The smallest absolute Gasteiger partial charge is 0.310 e. The Morgan fingerprint density at radius 1 is 0.453 bits per heavy atom. The molecule has 0 saturated heterocycles. The van der Waals surface area contributed by atoms with Crippen molar-refractivity contribution in [3.63, 3.8) is 0 Å². The van der Waals surface area contributed by atoms with Gasteiger partial charge in [0.05, 0.1) is 5.41 Å². The van der Waals surface area contributed by atoms with Gasteiger partial charge in [0.1, 0.15) is 0 Å². The van der Waals surface area contributed by atoms with E-state index in [4.69, 9.17) is 5.11 Å². The van der Waals surface area contributed by atoms with Crippen LogP contribution < -0.4 is 0 Å². The molecule has 4 heteroatoms. The number of unbranched alkanes of at least 4 members (excludes halogenated alkanes) is 28. The molecule has 2 fully saturated rings. The first-order valence-corrected chi connectivity index (χ1v) is 24.4. The number of hydrogen-bond acceptors (Lipinski definition) is 2. The highest BCUT2D eigenvalue weighted by molar-refractivity contribution is 5.76. The third-order valence-electron chi connectivity index (χ3n) is 13.4. The zero-order chi connectivity index (χ0) is 38.7. The van der Waals surface area contributed by atoms with E-state index < -0.39 is 17.4 Å². The zero-order valence-corrected chi connectivity index (χ0v) is 36.2. The highest BCUT2D eigenvalue weighted by Gasteiger charge is 2.55. The Bertz CT molecular complexity index is 825. The van der Waals surface area contributed by atoms with Gasteiger partial charge in [-0.3, -0.25) is 9.59 Å². The first-order valence-electron chi connectivity index (χ1n) is 24.4. The maximum Gasteiger partial charge on any atom is 0.310 e. The van der Waals surface area contributed by atoms with Crippen LogP contribution in [0.4, 0.5) is 0 Å². The molecule has 2 rings (SSSR count). The monoisotopic (exact) mass is 747 g/mol. The van der Waals surface area contributed by atoms with Gasteiger partial charge in [-0.05, 0) is 56.3 Å². The van der Waals surface area contributed by atoms with Gasteiger partial charge in [-0.2, -0.15) is 0 Å². The molecule has 53 heavy (non-hydrogen) atoms. The van der Waals surface area contributed by atoms with Crippen LogP contribution in [0.1, 0.15) is 278 Å². The van der Waals surface area contributed by atoms with Crippen LogP contribution in [0.5, 0.6) is 0 Å². The Balaban J connectivity index is 0.000000737. The molecule has 2 aliphatic rings. The van der Waals surface area contributed by atoms with E-state index in [9.17, 15) is 14.7 Å². The predicted molar refractivity (Wildman–Crippen MR) is 230 cm³/mol. The Hall–Kier alpha value is -1.06. The molecular formula is C49H94O4. The van der Waals surface area contributed by atoms with Crippen molar-refractivity contribution in [3.8, 4) is 0 Å². The third-order valence-corrected chi connectivity index (χ3v) is 13.4. The molecule has 4 atom stereocenters. The normalized spacial score (nSPS) is 21.2. The van der Waals surface area contributed by atoms with Crippen LogP contribution in [0, 0.1) is 23.2 Å². The van der Waals surface area contributed by atoms with Gasteiger partial charge in [-0.25, -0.2) is 0 Å². The quantitative estimate of drug-likeness (QED) is 0.0633. The van der Waals surface area contributed by atoms with Gasteiger partial charge in [0.2, 0.25) is 0 Å². The van der Waals surface area contributed by atoms with E-state index in [1.807, 2.05) is 0 Å². The topological polar surface area (TPSA) is 74.6 Å². The summed E-state index contributed by atoms with van der Waals surface area (Å²) in [4.78, 5) is 23.4. The van der Waals surface area contributed by atoms with Gasteiger partial charge in [-0.15, -0.1) is 0 Å². The number of carboxylic acid groups (broad SMARTS) is 2. The van der Waals surface area contributed by atoms with Crippen molar-refractivity contribution < 1.29 is 19.8 Å². The molecule has 0 aromatic heterocycles. The van der Waals surface area contributed by atoms with Crippen molar-refractivity contribution in [2.45, 2.75) is 278 Å². The third kappa shape index (κ3) is 24.2. The van der Waals surface area contributed by atoms with Crippen LogP contribution in [-0.4, -0.2) is 22.2 Å². The number of rotatable bonds is 35. The highest BCUT2D eigenvalue weighted by atomic mass is 16.4. The van der Waals surface area contributed by atoms with Crippen molar-refractivity contribution in [1.82, 2.24) is 0 Å². The molecule has 0 heterocycles. The van der Waals surface area contributed by atoms with Crippen molar-refractivity contribution in [3.05, 3.63) is 0 Å². The summed E-state index contributed by atoms with van der Waals surface area (Å²) in [7, 11) is 0. The first kappa shape index (κ1) is 50.0. The number of carboxylic acids is 2. The van der Waals surface area contributed by atoms with Gasteiger partial charge in [0, 0.05) is 6.42 Å². The van der Waals surface area contributed by atoms with Crippen molar-refractivity contribution in [1.29, 1.82) is 0 Å². The summed E-state index contributed by atoms with van der Waals surface area (Å²) >= 11 is 0. The summed E-state index contributed by atoms with van der Waals surface area (Å²) in [6.45, 7) is 6.82. The van der Waals surface area contributed by atoms with E-state index in [1.54, 1.807) is 0 Å². The van der Waals surface area contributed by atoms with Crippen LogP contribution in [-0.2, 0) is 9.59 Å². The van der Waals surface area contributed by atoms with Crippen LogP contribution in [0.15, 0.2) is 0 Å². The Morgan fingerprint density at radius 3 is 1.25 bits per heavy atom. The molecule has 2 N–H and O–H groups in total. The van der Waals surface area contributed by atoms with Crippen molar-refractivity contribution in [2.24, 2.45) is 23.2 Å². The van der Waals surface area contributed by atoms with Crippen molar-refractivity contribution >= 4 is 11.9 Å². The fraction of sp³-hybridized carbons (Fsp3) is 0.959. The molecule has 0 aromatic carbocycles. The summed E-state index contributed by atoms with van der Waals surface area (Å²) in [6, 6.07) is 0. The number of fused-ring (bicyclic) bond motifs is 1. The van der Waals surface area contributed by atoms with E-state index in [1.165, 1.54) is 225 Å². The Labute approximate surface area is 331 Å². The van der Waals surface area contributed by atoms with Crippen molar-refractivity contribution in [2.75, 3.05) is 0 Å². The maximum atomic E-state index is 13.1. The largest absolute Gasteiger partial charge is 0.481 e. The molecule has 4 unspecified atom stereocenters. The molecule has 0 spiro atoms. The minimum absolute atomic E-state index is 0.344. The lowest BCUT2D eigenvalue weighted by atomic mass is 9.50. The maximum absolute atomic E-state index is 13.1. The lowest BCUT2D eigenvalue weighted by molar-refractivity contribution is -0.168. The minimum atomic E-state index is -0.657. The van der Waals surface area contributed by atoms with Gasteiger partial charge in [-0.1, -0.05) is 233 Å². The molecule has 4 nitrogen and oxygen atoms in total. The van der Waals surface area contributed by atoms with Gasteiger partial charge in [0.15, 0.2) is 0 Å². The van der Waals surface area contributed by atoms with Crippen LogP contribution >= 0.6 is 0 Å². The van der Waals surface area contributed by atoms with E-state index in [2.05, 4.69) is 20.8 Å². The minimum Gasteiger partial charge on any atom is -0.481 e.